The van der Waals surface area contributed by atoms with Gasteiger partial charge in [-0.05, 0) is 43.0 Å². The fourth-order valence-electron chi connectivity index (χ4n) is 2.04. The molecule has 0 spiro atoms. The van der Waals surface area contributed by atoms with E-state index in [1.54, 1.807) is 0 Å². The number of halogens is 1. The lowest BCUT2D eigenvalue weighted by Crippen LogP contribution is -2.23. The standard InChI is InChI=1S/C12H15BrN2O/c1-7(14)4-9-6-10(13)5-8-2-3-11(16)15-12(8)9/h5-7H,2-4,14H2,1H3,(H,15,16). The van der Waals surface area contributed by atoms with Crippen molar-refractivity contribution in [2.24, 2.45) is 5.73 Å². The molecular weight excluding hydrogens is 268 g/mol. The summed E-state index contributed by atoms with van der Waals surface area (Å²) in [5, 5.41) is 2.95. The summed E-state index contributed by atoms with van der Waals surface area (Å²) in [5.41, 5.74) is 9.10. The highest BCUT2D eigenvalue weighted by Crippen LogP contribution is 2.31. The number of carbonyl (C=O) groups is 1. The monoisotopic (exact) mass is 282 g/mol. The molecule has 1 amide bonds. The van der Waals surface area contributed by atoms with Gasteiger partial charge in [-0.15, -0.1) is 0 Å². The summed E-state index contributed by atoms with van der Waals surface area (Å²) < 4.78 is 1.05. The number of benzene rings is 1. The van der Waals surface area contributed by atoms with Crippen LogP contribution < -0.4 is 11.1 Å². The van der Waals surface area contributed by atoms with Crippen molar-refractivity contribution in [3.8, 4) is 0 Å². The van der Waals surface area contributed by atoms with Gasteiger partial charge in [-0.1, -0.05) is 15.9 Å². The minimum Gasteiger partial charge on any atom is -0.328 e. The molecule has 1 aromatic rings. The van der Waals surface area contributed by atoms with Gasteiger partial charge in [0.05, 0.1) is 0 Å². The highest BCUT2D eigenvalue weighted by molar-refractivity contribution is 9.10. The van der Waals surface area contributed by atoms with Crippen molar-refractivity contribution in [1.29, 1.82) is 0 Å². The lowest BCUT2D eigenvalue weighted by atomic mass is 9.96. The number of hydrogen-bond donors (Lipinski definition) is 2. The van der Waals surface area contributed by atoms with Gasteiger partial charge in [0.2, 0.25) is 5.91 Å². The molecular formula is C12H15BrN2O. The Morgan fingerprint density at radius 1 is 1.50 bits per heavy atom. The molecule has 1 aromatic carbocycles. The number of amides is 1. The Morgan fingerprint density at radius 2 is 2.25 bits per heavy atom. The third kappa shape index (κ3) is 2.44. The minimum absolute atomic E-state index is 0.0947. The number of carbonyl (C=O) groups excluding carboxylic acids is 1. The van der Waals surface area contributed by atoms with Crippen LogP contribution >= 0.6 is 15.9 Å². The maximum atomic E-state index is 11.4. The molecule has 16 heavy (non-hydrogen) atoms. The normalized spacial score (nSPS) is 16.6. The molecule has 86 valence electrons. The summed E-state index contributed by atoms with van der Waals surface area (Å²) in [6.45, 7) is 1.97. The first-order valence-electron chi connectivity index (χ1n) is 5.43. The number of nitrogens with two attached hydrogens (primary N) is 1. The molecule has 1 aliphatic heterocycles. The Balaban J connectivity index is 2.42. The van der Waals surface area contributed by atoms with Gasteiger partial charge in [-0.2, -0.15) is 0 Å². The molecule has 0 aromatic heterocycles. The summed E-state index contributed by atoms with van der Waals surface area (Å²) >= 11 is 3.49. The topological polar surface area (TPSA) is 55.1 Å². The number of hydrogen-bond acceptors (Lipinski definition) is 2. The number of rotatable bonds is 2. The lowest BCUT2D eigenvalue weighted by molar-refractivity contribution is -0.116. The first-order chi connectivity index (χ1) is 7.56. The Hall–Kier alpha value is -0.870. The average molecular weight is 283 g/mol. The summed E-state index contributed by atoms with van der Waals surface area (Å²) in [6, 6.07) is 4.20. The molecule has 0 aliphatic carbocycles. The van der Waals surface area contributed by atoms with Crippen LogP contribution in [0, 0.1) is 0 Å². The Labute approximate surface area is 104 Å². The molecule has 1 unspecified atom stereocenters. The van der Waals surface area contributed by atoms with Crippen LogP contribution in [0.5, 0.6) is 0 Å². The molecule has 0 saturated carbocycles. The molecule has 3 nitrogen and oxygen atoms in total. The van der Waals surface area contributed by atoms with E-state index >= 15 is 0 Å². The summed E-state index contributed by atoms with van der Waals surface area (Å²) in [4.78, 5) is 11.4. The van der Waals surface area contributed by atoms with Crippen molar-refractivity contribution >= 4 is 27.5 Å². The van der Waals surface area contributed by atoms with Gasteiger partial charge in [0.1, 0.15) is 0 Å². The van der Waals surface area contributed by atoms with E-state index in [-0.39, 0.29) is 11.9 Å². The number of aryl methyl sites for hydroxylation is 1. The van der Waals surface area contributed by atoms with Crippen molar-refractivity contribution in [3.63, 3.8) is 0 Å². The molecule has 0 bridgehead atoms. The fraction of sp³-hybridized carbons (Fsp3) is 0.417. The number of fused-ring (bicyclic) bond motifs is 1. The van der Waals surface area contributed by atoms with E-state index < -0.39 is 0 Å². The highest BCUT2D eigenvalue weighted by Gasteiger charge is 2.18. The van der Waals surface area contributed by atoms with Gasteiger partial charge in [0, 0.05) is 22.6 Å². The molecule has 1 atom stereocenters. The van der Waals surface area contributed by atoms with Crippen molar-refractivity contribution in [2.75, 3.05) is 5.32 Å². The van der Waals surface area contributed by atoms with Crippen molar-refractivity contribution < 1.29 is 4.79 Å². The number of nitrogens with one attached hydrogen (secondary N) is 1. The van der Waals surface area contributed by atoms with Crippen LogP contribution in [0.2, 0.25) is 0 Å². The Bertz CT molecular complexity index is 429. The average Bonchev–Trinajstić information content (AvgIpc) is 2.18. The lowest BCUT2D eigenvalue weighted by Gasteiger charge is -2.21. The van der Waals surface area contributed by atoms with Crippen LogP contribution in [0.25, 0.3) is 0 Å². The summed E-state index contributed by atoms with van der Waals surface area (Å²) in [7, 11) is 0. The first-order valence-corrected chi connectivity index (χ1v) is 6.22. The smallest absolute Gasteiger partial charge is 0.224 e. The van der Waals surface area contributed by atoms with Crippen LogP contribution in [0.15, 0.2) is 16.6 Å². The minimum atomic E-state index is 0.0947. The first kappa shape index (κ1) is 11.6. The SMILES string of the molecule is CC(N)Cc1cc(Br)cc2c1NC(=O)CC2. The second kappa shape index (κ2) is 4.55. The van der Waals surface area contributed by atoms with E-state index in [0.29, 0.717) is 6.42 Å². The Morgan fingerprint density at radius 3 is 2.94 bits per heavy atom. The molecule has 1 aliphatic rings. The van der Waals surface area contributed by atoms with Crippen LogP contribution in [-0.4, -0.2) is 11.9 Å². The molecule has 3 N–H and O–H groups in total. The zero-order chi connectivity index (χ0) is 11.7. The van der Waals surface area contributed by atoms with E-state index in [0.717, 1.165) is 28.6 Å². The molecule has 0 saturated heterocycles. The predicted octanol–water partition coefficient (Wildman–Crippen LogP) is 2.22. The van der Waals surface area contributed by atoms with Gasteiger partial charge < -0.3 is 11.1 Å². The van der Waals surface area contributed by atoms with Gasteiger partial charge in [0.25, 0.3) is 0 Å². The largest absolute Gasteiger partial charge is 0.328 e. The van der Waals surface area contributed by atoms with Crippen LogP contribution in [0.4, 0.5) is 5.69 Å². The van der Waals surface area contributed by atoms with E-state index in [2.05, 4.69) is 27.3 Å². The third-order valence-electron chi connectivity index (χ3n) is 2.69. The van der Waals surface area contributed by atoms with E-state index in [9.17, 15) is 4.79 Å². The predicted molar refractivity (Wildman–Crippen MR) is 68.4 cm³/mol. The molecule has 2 rings (SSSR count). The third-order valence-corrected chi connectivity index (χ3v) is 3.15. The summed E-state index contributed by atoms with van der Waals surface area (Å²) in [6.07, 6.45) is 2.16. The quantitative estimate of drug-likeness (QED) is 0.874. The van der Waals surface area contributed by atoms with Gasteiger partial charge in [-0.3, -0.25) is 4.79 Å². The van der Waals surface area contributed by atoms with Crippen molar-refractivity contribution in [2.45, 2.75) is 32.2 Å². The molecule has 4 heteroatoms. The van der Waals surface area contributed by atoms with Crippen LogP contribution in [0.1, 0.15) is 24.5 Å². The molecule has 0 fully saturated rings. The van der Waals surface area contributed by atoms with Gasteiger partial charge >= 0.3 is 0 Å². The second-order valence-corrected chi connectivity index (χ2v) is 5.24. The molecule has 0 radical (unpaired) electrons. The Kier molecular flexibility index (Phi) is 3.30. The van der Waals surface area contributed by atoms with Gasteiger partial charge in [0.15, 0.2) is 0 Å². The zero-order valence-electron chi connectivity index (χ0n) is 9.22. The van der Waals surface area contributed by atoms with Crippen molar-refractivity contribution in [3.05, 3.63) is 27.7 Å². The maximum absolute atomic E-state index is 11.4. The van der Waals surface area contributed by atoms with E-state index in [4.69, 9.17) is 5.73 Å². The summed E-state index contributed by atoms with van der Waals surface area (Å²) in [5.74, 6) is 0.0979. The van der Waals surface area contributed by atoms with Crippen LogP contribution in [0.3, 0.4) is 0 Å². The second-order valence-electron chi connectivity index (χ2n) is 4.33. The van der Waals surface area contributed by atoms with E-state index in [1.165, 1.54) is 5.56 Å². The van der Waals surface area contributed by atoms with Gasteiger partial charge in [-0.25, -0.2) is 0 Å². The zero-order valence-corrected chi connectivity index (χ0v) is 10.8. The number of anilines is 1. The highest BCUT2D eigenvalue weighted by atomic mass is 79.9. The molecule has 1 heterocycles. The van der Waals surface area contributed by atoms with Crippen LogP contribution in [-0.2, 0) is 17.6 Å². The van der Waals surface area contributed by atoms with E-state index in [1.807, 2.05) is 13.0 Å². The fourth-order valence-corrected chi connectivity index (χ4v) is 2.59. The van der Waals surface area contributed by atoms with Crippen molar-refractivity contribution in [1.82, 2.24) is 0 Å². The maximum Gasteiger partial charge on any atom is 0.224 e.